The Morgan fingerprint density at radius 3 is 3.00 bits per heavy atom. The van der Waals surface area contributed by atoms with Crippen LogP contribution in [0.3, 0.4) is 0 Å². The van der Waals surface area contributed by atoms with E-state index in [4.69, 9.17) is 16.0 Å². The molecular weight excluding hydrogens is 280 g/mol. The predicted octanol–water partition coefficient (Wildman–Crippen LogP) is 1.12. The molecular formula is C17H22N2O3. The number of hydrogen-bond acceptors (Lipinski definition) is 5. The van der Waals surface area contributed by atoms with Crippen molar-refractivity contribution < 1.29 is 14.7 Å². The molecule has 0 fully saturated rings. The minimum Gasteiger partial charge on any atom is -0.390 e. The van der Waals surface area contributed by atoms with Crippen molar-refractivity contribution in [3.8, 4) is 12.3 Å². The van der Waals surface area contributed by atoms with Gasteiger partial charge in [-0.05, 0) is 12.6 Å². The van der Waals surface area contributed by atoms with Gasteiger partial charge >= 0.3 is 0 Å². The third-order valence-electron chi connectivity index (χ3n) is 3.37. The Bertz CT molecular complexity index is 524. The zero-order valence-electron chi connectivity index (χ0n) is 12.8. The van der Waals surface area contributed by atoms with Crippen molar-refractivity contribution in [1.29, 1.82) is 0 Å². The first-order valence-corrected chi connectivity index (χ1v) is 7.35. The summed E-state index contributed by atoms with van der Waals surface area (Å²) in [7, 11) is 1.94. The lowest BCUT2D eigenvalue weighted by Crippen LogP contribution is -2.37. The average molecular weight is 302 g/mol. The summed E-state index contributed by atoms with van der Waals surface area (Å²) >= 11 is 0. The summed E-state index contributed by atoms with van der Waals surface area (Å²) in [6, 6.07) is 10.0. The molecule has 1 aliphatic heterocycles. The van der Waals surface area contributed by atoms with E-state index in [0.29, 0.717) is 13.1 Å². The summed E-state index contributed by atoms with van der Waals surface area (Å²) in [6.07, 6.45) is 5.32. The van der Waals surface area contributed by atoms with Crippen LogP contribution in [0, 0.1) is 12.3 Å². The van der Waals surface area contributed by atoms with Crippen LogP contribution in [0.25, 0.3) is 0 Å². The number of rotatable bonds is 8. The van der Waals surface area contributed by atoms with E-state index in [1.807, 2.05) is 42.3 Å². The molecule has 118 valence electrons. The monoisotopic (exact) mass is 302 g/mol. The summed E-state index contributed by atoms with van der Waals surface area (Å²) in [5, 5.41) is 14.0. The molecule has 0 amide bonds. The van der Waals surface area contributed by atoms with E-state index in [-0.39, 0.29) is 19.3 Å². The Balaban J connectivity index is 1.71. The molecule has 22 heavy (non-hydrogen) atoms. The molecule has 0 aromatic heterocycles. The summed E-state index contributed by atoms with van der Waals surface area (Å²) in [5.74, 6) is 2.37. The number of nitrogens with zero attached hydrogens (tertiary/aromatic N) is 2. The van der Waals surface area contributed by atoms with E-state index in [9.17, 15) is 5.11 Å². The van der Waals surface area contributed by atoms with Gasteiger partial charge in [-0.15, -0.1) is 6.42 Å². The fourth-order valence-electron chi connectivity index (χ4n) is 2.42. The molecule has 0 saturated heterocycles. The van der Waals surface area contributed by atoms with Crippen molar-refractivity contribution in [1.82, 2.24) is 4.90 Å². The van der Waals surface area contributed by atoms with Gasteiger partial charge in [0, 0.05) is 19.5 Å². The first kappa shape index (κ1) is 16.5. The second-order valence-electron chi connectivity index (χ2n) is 5.43. The van der Waals surface area contributed by atoms with Crippen molar-refractivity contribution in [2.75, 3.05) is 33.4 Å². The van der Waals surface area contributed by atoms with Crippen molar-refractivity contribution in [3.63, 3.8) is 0 Å². The number of hydrogen-bond donors (Lipinski definition) is 1. The normalized spacial score (nSPS) is 18.6. The third kappa shape index (κ3) is 5.15. The van der Waals surface area contributed by atoms with Gasteiger partial charge in [0.15, 0.2) is 0 Å². The van der Waals surface area contributed by atoms with Gasteiger partial charge in [0.1, 0.15) is 12.7 Å². The molecule has 0 saturated carbocycles. The van der Waals surface area contributed by atoms with Crippen LogP contribution in [0.1, 0.15) is 12.0 Å². The molecule has 5 nitrogen and oxygen atoms in total. The van der Waals surface area contributed by atoms with Crippen LogP contribution in [0.2, 0.25) is 0 Å². The topological polar surface area (TPSA) is 54.3 Å². The zero-order chi connectivity index (χ0) is 15.8. The molecule has 5 heteroatoms. The van der Waals surface area contributed by atoms with Crippen LogP contribution in [0.15, 0.2) is 35.5 Å². The highest BCUT2D eigenvalue weighted by molar-refractivity contribution is 6.01. The van der Waals surface area contributed by atoms with Crippen molar-refractivity contribution in [2.45, 2.75) is 18.6 Å². The maximum atomic E-state index is 9.85. The maximum Gasteiger partial charge on any atom is 0.145 e. The first-order chi connectivity index (χ1) is 10.7. The van der Waals surface area contributed by atoms with Crippen molar-refractivity contribution in [2.24, 2.45) is 5.16 Å². The van der Waals surface area contributed by atoms with Crippen LogP contribution in [-0.4, -0.2) is 61.3 Å². The van der Waals surface area contributed by atoms with E-state index in [1.54, 1.807) is 0 Å². The molecule has 0 radical (unpaired) electrons. The number of oxime groups is 1. The van der Waals surface area contributed by atoms with Crippen LogP contribution >= 0.6 is 0 Å². The number of aliphatic hydroxyl groups excluding tert-OH is 1. The quantitative estimate of drug-likeness (QED) is 0.577. The fourth-order valence-corrected chi connectivity index (χ4v) is 2.42. The summed E-state index contributed by atoms with van der Waals surface area (Å²) in [6.45, 7) is 1.67. The SMILES string of the molecule is C#CCOCC(O)CN(C)CC1CC(c2ccccc2)=NO1. The van der Waals surface area contributed by atoms with Gasteiger partial charge in [-0.2, -0.15) is 0 Å². The molecule has 1 N–H and O–H groups in total. The van der Waals surface area contributed by atoms with Crippen molar-refractivity contribution >= 4 is 5.71 Å². The second kappa shape index (κ2) is 8.54. The molecule has 2 unspecified atom stereocenters. The number of likely N-dealkylation sites (N-methyl/N-ethyl adjacent to an activating group) is 1. The Morgan fingerprint density at radius 1 is 1.50 bits per heavy atom. The predicted molar refractivity (Wildman–Crippen MR) is 85.6 cm³/mol. The molecule has 1 aromatic rings. The number of benzene rings is 1. The van der Waals surface area contributed by atoms with E-state index in [0.717, 1.165) is 17.7 Å². The lowest BCUT2D eigenvalue weighted by Gasteiger charge is -2.22. The van der Waals surface area contributed by atoms with Crippen LogP contribution < -0.4 is 0 Å². The Labute approximate surface area is 131 Å². The van der Waals surface area contributed by atoms with Gasteiger partial charge < -0.3 is 14.7 Å². The minimum absolute atomic E-state index is 0.0130. The lowest BCUT2D eigenvalue weighted by molar-refractivity contribution is 0.0139. The highest BCUT2D eigenvalue weighted by Gasteiger charge is 2.24. The molecule has 0 spiro atoms. The average Bonchev–Trinajstić information content (AvgIpc) is 2.96. The van der Waals surface area contributed by atoms with Crippen LogP contribution in [0.5, 0.6) is 0 Å². The first-order valence-electron chi connectivity index (χ1n) is 7.35. The van der Waals surface area contributed by atoms with E-state index < -0.39 is 6.10 Å². The van der Waals surface area contributed by atoms with Crippen LogP contribution in [0.4, 0.5) is 0 Å². The van der Waals surface area contributed by atoms with Gasteiger partial charge in [-0.1, -0.05) is 41.4 Å². The zero-order valence-corrected chi connectivity index (χ0v) is 12.8. The number of aliphatic hydroxyl groups is 1. The smallest absolute Gasteiger partial charge is 0.145 e. The Morgan fingerprint density at radius 2 is 2.27 bits per heavy atom. The van der Waals surface area contributed by atoms with Crippen molar-refractivity contribution in [3.05, 3.63) is 35.9 Å². The number of ether oxygens (including phenoxy) is 1. The summed E-state index contributed by atoms with van der Waals surface area (Å²) in [5.41, 5.74) is 2.06. The third-order valence-corrected chi connectivity index (χ3v) is 3.37. The molecule has 2 rings (SSSR count). The Kier molecular flexibility index (Phi) is 6.41. The molecule has 0 bridgehead atoms. The van der Waals surface area contributed by atoms with Gasteiger partial charge in [0.05, 0.1) is 18.4 Å². The van der Waals surface area contributed by atoms with E-state index in [1.165, 1.54) is 0 Å². The largest absolute Gasteiger partial charge is 0.390 e. The van der Waals surface area contributed by atoms with Crippen LogP contribution in [-0.2, 0) is 9.57 Å². The van der Waals surface area contributed by atoms with Gasteiger partial charge in [0.25, 0.3) is 0 Å². The van der Waals surface area contributed by atoms with E-state index >= 15 is 0 Å². The van der Waals surface area contributed by atoms with Gasteiger partial charge in [0.2, 0.25) is 0 Å². The number of terminal acetylenes is 1. The molecule has 1 heterocycles. The lowest BCUT2D eigenvalue weighted by atomic mass is 10.1. The molecule has 1 aromatic carbocycles. The van der Waals surface area contributed by atoms with Gasteiger partial charge in [-0.25, -0.2) is 0 Å². The molecule has 2 atom stereocenters. The maximum absolute atomic E-state index is 9.85. The second-order valence-corrected chi connectivity index (χ2v) is 5.43. The fraction of sp³-hybridized carbons (Fsp3) is 0.471. The Hall–Kier alpha value is -1.87. The highest BCUT2D eigenvalue weighted by Crippen LogP contribution is 2.17. The van der Waals surface area contributed by atoms with E-state index in [2.05, 4.69) is 11.1 Å². The summed E-state index contributed by atoms with van der Waals surface area (Å²) in [4.78, 5) is 7.49. The van der Waals surface area contributed by atoms with Gasteiger partial charge in [-0.3, -0.25) is 4.90 Å². The summed E-state index contributed by atoms with van der Waals surface area (Å²) < 4.78 is 5.12. The molecule has 1 aliphatic rings. The minimum atomic E-state index is -0.561. The molecule has 0 aliphatic carbocycles. The standard InChI is InChI=1S/C17H22N2O3/c1-3-9-21-13-15(20)11-19(2)12-16-10-17(18-22-16)14-7-5-4-6-8-14/h1,4-8,15-16,20H,9-13H2,2H3. The highest BCUT2D eigenvalue weighted by atomic mass is 16.6.